The Bertz CT molecular complexity index is 449. The lowest BCUT2D eigenvalue weighted by atomic mass is 10.2. The summed E-state index contributed by atoms with van der Waals surface area (Å²) in [6.07, 6.45) is 7.44. The lowest BCUT2D eigenvalue weighted by Crippen LogP contribution is -1.93. The van der Waals surface area contributed by atoms with Crippen LogP contribution in [-0.4, -0.2) is 0 Å². The van der Waals surface area contributed by atoms with E-state index in [0.29, 0.717) is 0 Å². The minimum atomic E-state index is 0.910. The highest BCUT2D eigenvalue weighted by molar-refractivity contribution is 5.53. The fourth-order valence-corrected chi connectivity index (χ4v) is 1.79. The van der Waals surface area contributed by atoms with Crippen molar-refractivity contribution in [1.29, 1.82) is 0 Å². The molecule has 68 valence electrons. The smallest absolute Gasteiger partial charge is 0.131 e. The summed E-state index contributed by atoms with van der Waals surface area (Å²) >= 11 is 0. The van der Waals surface area contributed by atoms with Gasteiger partial charge in [-0.3, -0.25) is 0 Å². The Morgan fingerprint density at radius 1 is 1.00 bits per heavy atom. The molecule has 2 bridgehead atoms. The van der Waals surface area contributed by atoms with Gasteiger partial charge in [0.05, 0.1) is 0 Å². The minimum Gasteiger partial charge on any atom is -0.457 e. The highest BCUT2D eigenvalue weighted by atomic mass is 16.5. The van der Waals surface area contributed by atoms with E-state index < -0.39 is 0 Å². The number of ether oxygens (including phenoxy) is 1. The number of fused-ring (bicyclic) bond motifs is 2. The molecule has 0 unspecified atom stereocenters. The first-order chi connectivity index (χ1) is 6.92. The third kappa shape index (κ3) is 1.18. The maximum Gasteiger partial charge on any atom is 0.131 e. The van der Waals surface area contributed by atoms with Crippen LogP contribution in [0.15, 0.2) is 65.5 Å². The number of hydrogen-bond donors (Lipinski definition) is 0. The molecule has 0 N–H and O–H groups in total. The van der Waals surface area contributed by atoms with Gasteiger partial charge in [-0.1, -0.05) is 30.4 Å². The van der Waals surface area contributed by atoms with Crippen molar-refractivity contribution in [3.8, 4) is 5.75 Å². The summed E-state index contributed by atoms with van der Waals surface area (Å²) in [5, 5.41) is 0. The molecule has 0 radical (unpaired) electrons. The van der Waals surface area contributed by atoms with Crippen molar-refractivity contribution in [3.63, 3.8) is 0 Å². The Hall–Kier alpha value is -1.76. The molecule has 3 rings (SSSR count). The highest BCUT2D eigenvalue weighted by Gasteiger charge is 2.18. The van der Waals surface area contributed by atoms with E-state index in [9.17, 15) is 0 Å². The zero-order valence-corrected chi connectivity index (χ0v) is 7.73. The summed E-state index contributed by atoms with van der Waals surface area (Å²) in [4.78, 5) is 0. The Balaban J connectivity index is 1.88. The van der Waals surface area contributed by atoms with E-state index in [0.717, 1.165) is 17.9 Å². The number of para-hydroxylation sites is 1. The second kappa shape index (κ2) is 2.88. The van der Waals surface area contributed by atoms with Crippen molar-refractivity contribution in [3.05, 3.63) is 65.5 Å². The van der Waals surface area contributed by atoms with Crippen LogP contribution in [0.5, 0.6) is 5.75 Å². The van der Waals surface area contributed by atoms with Crippen molar-refractivity contribution >= 4 is 0 Å². The molecule has 0 spiro atoms. The largest absolute Gasteiger partial charge is 0.457 e. The Labute approximate surface area is 83.0 Å². The van der Waals surface area contributed by atoms with Gasteiger partial charge in [-0.15, -0.1) is 0 Å². The average molecular weight is 182 g/mol. The molecule has 0 fully saturated rings. The summed E-state index contributed by atoms with van der Waals surface area (Å²) in [5.74, 6) is 1.92. The molecule has 2 aliphatic carbocycles. The summed E-state index contributed by atoms with van der Waals surface area (Å²) in [7, 11) is 0. The van der Waals surface area contributed by atoms with Gasteiger partial charge in [0.1, 0.15) is 11.5 Å². The molecule has 1 aromatic rings. The molecular weight excluding hydrogens is 172 g/mol. The fourth-order valence-electron chi connectivity index (χ4n) is 1.79. The molecule has 2 aliphatic rings. The number of allylic oxidation sites excluding steroid dienone is 5. The third-order valence-corrected chi connectivity index (χ3v) is 2.50. The van der Waals surface area contributed by atoms with E-state index >= 15 is 0 Å². The second-order valence-electron chi connectivity index (χ2n) is 3.53. The van der Waals surface area contributed by atoms with Gasteiger partial charge in [-0.2, -0.15) is 0 Å². The fraction of sp³-hybridized carbons (Fsp3) is 0.0769. The zero-order chi connectivity index (χ0) is 9.38. The van der Waals surface area contributed by atoms with Gasteiger partial charge in [0, 0.05) is 6.42 Å². The van der Waals surface area contributed by atoms with Crippen molar-refractivity contribution < 1.29 is 4.74 Å². The van der Waals surface area contributed by atoms with Gasteiger partial charge in [0.2, 0.25) is 0 Å². The van der Waals surface area contributed by atoms with E-state index in [-0.39, 0.29) is 0 Å². The Morgan fingerprint density at radius 2 is 1.86 bits per heavy atom. The molecular formula is C13H10O. The SMILES string of the molecule is C1=CC2=C(Oc3ccccc3)C=C1C2. The first-order valence-electron chi connectivity index (χ1n) is 4.76. The first-order valence-corrected chi connectivity index (χ1v) is 4.76. The number of hydrogen-bond acceptors (Lipinski definition) is 1. The van der Waals surface area contributed by atoms with E-state index in [2.05, 4.69) is 18.2 Å². The van der Waals surface area contributed by atoms with E-state index in [4.69, 9.17) is 4.74 Å². The summed E-state index contributed by atoms with van der Waals surface area (Å²) in [6.45, 7) is 0. The van der Waals surface area contributed by atoms with Crippen LogP contribution in [0, 0.1) is 0 Å². The lowest BCUT2D eigenvalue weighted by molar-refractivity contribution is 0.442. The van der Waals surface area contributed by atoms with Crippen LogP contribution in [0.4, 0.5) is 0 Å². The molecule has 0 saturated carbocycles. The van der Waals surface area contributed by atoms with Crippen LogP contribution in [0.25, 0.3) is 0 Å². The first kappa shape index (κ1) is 7.63. The number of rotatable bonds is 2. The van der Waals surface area contributed by atoms with Crippen molar-refractivity contribution in [2.24, 2.45) is 0 Å². The molecule has 1 nitrogen and oxygen atoms in total. The van der Waals surface area contributed by atoms with Crippen LogP contribution in [0.2, 0.25) is 0 Å². The lowest BCUT2D eigenvalue weighted by Gasteiger charge is -2.06. The molecule has 1 aromatic carbocycles. The Morgan fingerprint density at radius 3 is 2.50 bits per heavy atom. The zero-order valence-electron chi connectivity index (χ0n) is 7.73. The van der Waals surface area contributed by atoms with Gasteiger partial charge < -0.3 is 4.74 Å². The molecule has 0 saturated heterocycles. The topological polar surface area (TPSA) is 9.23 Å². The van der Waals surface area contributed by atoms with Gasteiger partial charge in [0.25, 0.3) is 0 Å². The summed E-state index contributed by atoms with van der Waals surface area (Å²) in [6, 6.07) is 9.90. The van der Waals surface area contributed by atoms with Crippen LogP contribution >= 0.6 is 0 Å². The van der Waals surface area contributed by atoms with Gasteiger partial charge >= 0.3 is 0 Å². The molecule has 0 heterocycles. The Kier molecular flexibility index (Phi) is 1.57. The van der Waals surface area contributed by atoms with Crippen molar-refractivity contribution in [2.75, 3.05) is 0 Å². The quantitative estimate of drug-likeness (QED) is 0.682. The van der Waals surface area contributed by atoms with Crippen molar-refractivity contribution in [2.45, 2.75) is 6.42 Å². The summed E-state index contributed by atoms with van der Waals surface area (Å²) < 4.78 is 5.76. The van der Waals surface area contributed by atoms with E-state index in [1.165, 1.54) is 11.1 Å². The van der Waals surface area contributed by atoms with Crippen LogP contribution in [-0.2, 0) is 0 Å². The van der Waals surface area contributed by atoms with Gasteiger partial charge in [-0.25, -0.2) is 0 Å². The molecule has 0 aromatic heterocycles. The third-order valence-electron chi connectivity index (χ3n) is 2.50. The molecule has 0 amide bonds. The molecule has 0 aliphatic heterocycles. The number of benzene rings is 1. The maximum absolute atomic E-state index is 5.76. The van der Waals surface area contributed by atoms with E-state index in [1.54, 1.807) is 0 Å². The van der Waals surface area contributed by atoms with Crippen LogP contribution in [0.1, 0.15) is 6.42 Å². The normalized spacial score (nSPS) is 17.6. The van der Waals surface area contributed by atoms with Gasteiger partial charge in [0.15, 0.2) is 0 Å². The maximum atomic E-state index is 5.76. The molecule has 0 atom stereocenters. The predicted octanol–water partition coefficient (Wildman–Crippen LogP) is 3.22. The average Bonchev–Trinajstić information content (AvgIpc) is 2.81. The predicted molar refractivity (Wildman–Crippen MR) is 55.9 cm³/mol. The standard InChI is InChI=1S/C13H10O/c1-2-4-12(5-3-1)14-13-9-10-6-7-11(13)8-10/h1-7,9H,8H2. The molecule has 14 heavy (non-hydrogen) atoms. The van der Waals surface area contributed by atoms with Crippen LogP contribution < -0.4 is 4.74 Å². The summed E-state index contributed by atoms with van der Waals surface area (Å²) in [5.41, 5.74) is 2.65. The molecule has 1 heteroatoms. The van der Waals surface area contributed by atoms with Crippen molar-refractivity contribution in [1.82, 2.24) is 0 Å². The monoisotopic (exact) mass is 182 g/mol. The van der Waals surface area contributed by atoms with Gasteiger partial charge in [-0.05, 0) is 29.4 Å². The minimum absolute atomic E-state index is 0.910. The highest BCUT2D eigenvalue weighted by Crippen LogP contribution is 2.34. The second-order valence-corrected chi connectivity index (χ2v) is 3.53. The van der Waals surface area contributed by atoms with E-state index in [1.807, 2.05) is 30.3 Å². The van der Waals surface area contributed by atoms with Crippen LogP contribution in [0.3, 0.4) is 0 Å².